The number of rotatable bonds is 8. The highest BCUT2D eigenvalue weighted by molar-refractivity contribution is 6.12. The SMILES string of the molecule is C(=C\N(c1ccc(-c2ccc(-c3ccc4c(c3)c3ccccc3n4-c3cccc4ccccc34)cc2)cc1)c1ccc2cc(-c3ccccc3)ccc2c1)/C=C1\CC2(c3ccccc31)c1ccccc1-c1ccccc12. The van der Waals surface area contributed by atoms with Gasteiger partial charge in [0.2, 0.25) is 0 Å². The maximum Gasteiger partial charge on any atom is 0.0541 e. The van der Waals surface area contributed by atoms with Gasteiger partial charge in [0, 0.05) is 33.7 Å². The highest BCUT2D eigenvalue weighted by Crippen LogP contribution is 2.61. The fourth-order valence-corrected chi connectivity index (χ4v) is 12.8. The number of allylic oxidation sites excluding steroid dienone is 3. The summed E-state index contributed by atoms with van der Waals surface area (Å²) in [6, 6.07) is 100. The summed E-state index contributed by atoms with van der Waals surface area (Å²) in [6.07, 6.45) is 7.76. The molecule has 13 aromatic rings. The van der Waals surface area contributed by atoms with Crippen molar-refractivity contribution in [2.75, 3.05) is 4.90 Å². The average Bonchev–Trinajstić information content (AvgIpc) is 4.26. The monoisotopic (exact) mass is 966 g/mol. The lowest BCUT2D eigenvalue weighted by molar-refractivity contribution is 0.681. The molecule has 0 bridgehead atoms. The van der Waals surface area contributed by atoms with Gasteiger partial charge in [-0.15, -0.1) is 0 Å². The van der Waals surface area contributed by atoms with Gasteiger partial charge in [-0.3, -0.25) is 0 Å². The fourth-order valence-electron chi connectivity index (χ4n) is 12.8. The number of para-hydroxylation sites is 1. The Morgan fingerprint density at radius 2 is 0.855 bits per heavy atom. The zero-order valence-electron chi connectivity index (χ0n) is 41.8. The van der Waals surface area contributed by atoms with Crippen molar-refractivity contribution in [2.45, 2.75) is 11.8 Å². The molecule has 15 rings (SSSR count). The largest absolute Gasteiger partial charge is 0.317 e. The van der Waals surface area contributed by atoms with E-state index in [1.807, 2.05) is 0 Å². The summed E-state index contributed by atoms with van der Waals surface area (Å²) in [5.41, 5.74) is 22.3. The minimum absolute atomic E-state index is 0.220. The second kappa shape index (κ2) is 17.7. The van der Waals surface area contributed by atoms with Crippen LogP contribution in [0.4, 0.5) is 11.4 Å². The van der Waals surface area contributed by atoms with Crippen molar-refractivity contribution in [3.63, 3.8) is 0 Å². The Balaban J connectivity index is 0.767. The summed E-state index contributed by atoms with van der Waals surface area (Å²) in [5.74, 6) is 0. The van der Waals surface area contributed by atoms with Gasteiger partial charge in [-0.25, -0.2) is 0 Å². The van der Waals surface area contributed by atoms with Crippen LogP contribution < -0.4 is 4.90 Å². The first-order chi connectivity index (χ1) is 37.7. The van der Waals surface area contributed by atoms with Crippen LogP contribution in [-0.4, -0.2) is 4.57 Å². The van der Waals surface area contributed by atoms with E-state index in [2.05, 4.69) is 301 Å². The second-order valence-corrected chi connectivity index (χ2v) is 20.4. The predicted molar refractivity (Wildman–Crippen MR) is 321 cm³/mol. The lowest BCUT2D eigenvalue weighted by atomic mass is 9.73. The van der Waals surface area contributed by atoms with E-state index < -0.39 is 0 Å². The molecule has 0 atom stereocenters. The third-order valence-electron chi connectivity index (χ3n) is 16.4. The molecule has 76 heavy (non-hydrogen) atoms. The first kappa shape index (κ1) is 43.8. The van der Waals surface area contributed by atoms with Gasteiger partial charge >= 0.3 is 0 Å². The lowest BCUT2D eigenvalue weighted by Gasteiger charge is -2.28. The van der Waals surface area contributed by atoms with E-state index in [4.69, 9.17) is 0 Å². The first-order valence-corrected chi connectivity index (χ1v) is 26.4. The van der Waals surface area contributed by atoms with Crippen molar-refractivity contribution in [1.29, 1.82) is 0 Å². The van der Waals surface area contributed by atoms with Gasteiger partial charge in [-0.1, -0.05) is 224 Å². The fraction of sp³-hybridized carbons (Fsp3) is 0.0270. The van der Waals surface area contributed by atoms with E-state index >= 15 is 0 Å². The zero-order valence-corrected chi connectivity index (χ0v) is 41.8. The molecule has 12 aromatic carbocycles. The summed E-state index contributed by atoms with van der Waals surface area (Å²) in [4.78, 5) is 2.33. The van der Waals surface area contributed by atoms with E-state index in [0.717, 1.165) is 17.8 Å². The van der Waals surface area contributed by atoms with Crippen LogP contribution in [-0.2, 0) is 5.41 Å². The minimum atomic E-state index is -0.220. The molecule has 0 radical (unpaired) electrons. The van der Waals surface area contributed by atoms with Gasteiger partial charge in [0.1, 0.15) is 0 Å². The Kier molecular flexibility index (Phi) is 10.2. The van der Waals surface area contributed by atoms with E-state index in [0.29, 0.717) is 0 Å². The molecule has 0 amide bonds. The van der Waals surface area contributed by atoms with Gasteiger partial charge in [-0.05, 0) is 156 Å². The third-order valence-corrected chi connectivity index (χ3v) is 16.4. The Morgan fingerprint density at radius 3 is 1.62 bits per heavy atom. The Hall–Kier alpha value is -9.76. The highest BCUT2D eigenvalue weighted by Gasteiger charge is 2.49. The Bertz CT molecular complexity index is 4430. The van der Waals surface area contributed by atoms with Crippen LogP contribution in [0.3, 0.4) is 0 Å². The zero-order chi connectivity index (χ0) is 50.2. The number of aromatic nitrogens is 1. The second-order valence-electron chi connectivity index (χ2n) is 20.4. The minimum Gasteiger partial charge on any atom is -0.317 e. The molecule has 356 valence electrons. The van der Waals surface area contributed by atoms with Crippen LogP contribution in [0.2, 0.25) is 0 Å². The summed E-state index contributed by atoms with van der Waals surface area (Å²) >= 11 is 0. The number of benzene rings is 12. The molecule has 0 saturated heterocycles. The van der Waals surface area contributed by atoms with Crippen molar-refractivity contribution < 1.29 is 0 Å². The van der Waals surface area contributed by atoms with Crippen molar-refractivity contribution in [3.8, 4) is 50.2 Å². The predicted octanol–water partition coefficient (Wildman–Crippen LogP) is 19.5. The molecule has 1 spiro atoms. The van der Waals surface area contributed by atoms with E-state index in [9.17, 15) is 0 Å². The third kappa shape index (κ3) is 7.02. The van der Waals surface area contributed by atoms with E-state index in [1.165, 1.54) is 121 Å². The van der Waals surface area contributed by atoms with Crippen molar-refractivity contribution in [2.24, 2.45) is 0 Å². The first-order valence-electron chi connectivity index (χ1n) is 26.4. The molecule has 0 fully saturated rings. The molecule has 1 heterocycles. The number of hydrogen-bond donors (Lipinski definition) is 0. The van der Waals surface area contributed by atoms with Gasteiger partial charge in [0.05, 0.1) is 22.1 Å². The van der Waals surface area contributed by atoms with Crippen LogP contribution >= 0.6 is 0 Å². The highest BCUT2D eigenvalue weighted by atomic mass is 15.1. The molecule has 2 heteroatoms. The molecule has 0 N–H and O–H groups in total. The quantitative estimate of drug-likeness (QED) is 0.147. The standard InChI is InChI=1S/C74H50N2/c1-2-16-50(17-3-1)55-35-36-57-47-61(43-39-56(57)46-55)75(45-15-20-59-49-74(68-26-10-6-21-62(59)68)69-27-11-7-23-64(69)65-24-8-12-28-70(65)74)60-41-37-52(38-42-60)51-31-33-53(34-32-51)58-40-44-73-67(48-58)66-25-9-13-29-72(66)76(73)71-30-14-19-54-18-4-5-22-63(54)71/h1-48H,49H2/b45-15+,59-20+. The number of anilines is 2. The summed E-state index contributed by atoms with van der Waals surface area (Å²) < 4.78 is 2.43. The molecule has 0 saturated carbocycles. The van der Waals surface area contributed by atoms with Gasteiger partial charge in [-0.2, -0.15) is 0 Å². The average molecular weight is 967 g/mol. The van der Waals surface area contributed by atoms with Crippen LogP contribution in [0.15, 0.2) is 291 Å². The van der Waals surface area contributed by atoms with Gasteiger partial charge < -0.3 is 9.47 Å². The molecular formula is C74H50N2. The molecule has 0 unspecified atom stereocenters. The molecule has 2 aliphatic carbocycles. The number of hydrogen-bond acceptors (Lipinski definition) is 1. The van der Waals surface area contributed by atoms with Crippen LogP contribution in [0.5, 0.6) is 0 Å². The normalized spacial score (nSPS) is 13.8. The molecule has 2 nitrogen and oxygen atoms in total. The number of nitrogens with zero attached hydrogens (tertiary/aromatic N) is 2. The Morgan fingerprint density at radius 1 is 0.342 bits per heavy atom. The van der Waals surface area contributed by atoms with Crippen LogP contribution in [0.1, 0.15) is 28.7 Å². The van der Waals surface area contributed by atoms with Crippen molar-refractivity contribution in [3.05, 3.63) is 314 Å². The van der Waals surface area contributed by atoms with Gasteiger partial charge in [0.15, 0.2) is 0 Å². The maximum absolute atomic E-state index is 2.43. The van der Waals surface area contributed by atoms with Crippen molar-refractivity contribution in [1.82, 2.24) is 4.57 Å². The van der Waals surface area contributed by atoms with E-state index in [1.54, 1.807) is 0 Å². The van der Waals surface area contributed by atoms with Crippen LogP contribution in [0, 0.1) is 0 Å². The molecule has 1 aromatic heterocycles. The summed E-state index contributed by atoms with van der Waals surface area (Å²) in [6.45, 7) is 0. The maximum atomic E-state index is 2.43. The molecule has 2 aliphatic rings. The topological polar surface area (TPSA) is 8.17 Å². The van der Waals surface area contributed by atoms with Crippen LogP contribution in [0.25, 0.3) is 99.1 Å². The molecule has 0 aliphatic heterocycles. The van der Waals surface area contributed by atoms with Crippen molar-refractivity contribution >= 4 is 60.3 Å². The molecular weight excluding hydrogens is 917 g/mol. The Labute approximate surface area is 443 Å². The summed E-state index contributed by atoms with van der Waals surface area (Å²) in [7, 11) is 0. The lowest BCUT2D eigenvalue weighted by Crippen LogP contribution is -2.23. The number of fused-ring (bicyclic) bond motifs is 12. The summed E-state index contributed by atoms with van der Waals surface area (Å²) in [5, 5.41) is 7.41. The van der Waals surface area contributed by atoms with E-state index in [-0.39, 0.29) is 5.41 Å². The van der Waals surface area contributed by atoms with Gasteiger partial charge in [0.25, 0.3) is 0 Å². The smallest absolute Gasteiger partial charge is 0.0541 e.